The van der Waals surface area contributed by atoms with Crippen molar-refractivity contribution in [3.8, 4) is 0 Å². The molecule has 2 saturated heterocycles. The number of nitrogens with zero attached hydrogens (tertiary/aromatic N) is 4. The molecule has 4 rings (SSSR count). The molecule has 0 aliphatic carbocycles. The molecule has 0 bridgehead atoms. The van der Waals surface area contributed by atoms with Crippen LogP contribution in [-0.4, -0.2) is 74.4 Å². The van der Waals surface area contributed by atoms with Crippen molar-refractivity contribution in [1.82, 2.24) is 25.2 Å². The van der Waals surface area contributed by atoms with E-state index in [0.717, 1.165) is 38.2 Å². The normalized spacial score (nSPS) is 22.9. The Morgan fingerprint density at radius 1 is 1.22 bits per heavy atom. The van der Waals surface area contributed by atoms with Crippen LogP contribution >= 0.6 is 0 Å². The van der Waals surface area contributed by atoms with Crippen LogP contribution in [0, 0.1) is 0 Å². The molecule has 0 spiro atoms. The largest absolute Gasteiger partial charge is 0.490 e. The number of aromatic nitrogens is 3. The number of fused-ring (bicyclic) bond motifs is 1. The molecule has 3 atom stereocenters. The predicted molar refractivity (Wildman–Crippen MR) is 104 cm³/mol. The molecule has 2 aromatic heterocycles. The van der Waals surface area contributed by atoms with Gasteiger partial charge in [0, 0.05) is 44.3 Å². The molecule has 0 unspecified atom stereocenters. The van der Waals surface area contributed by atoms with Gasteiger partial charge in [-0.3, -0.25) is 19.7 Å². The Hall–Kier alpha value is -3.12. The van der Waals surface area contributed by atoms with Gasteiger partial charge in [0.15, 0.2) is 0 Å². The molecule has 12 heteroatoms. The summed E-state index contributed by atoms with van der Waals surface area (Å²) in [5.74, 6) is -2.96. The maximum Gasteiger partial charge on any atom is 0.490 e. The van der Waals surface area contributed by atoms with Crippen LogP contribution in [0.3, 0.4) is 0 Å². The average Bonchev–Trinajstić information content (AvgIpc) is 3.12. The third-order valence-corrected chi connectivity index (χ3v) is 5.08. The topological polar surface area (TPSA) is 118 Å². The highest BCUT2D eigenvalue weighted by molar-refractivity contribution is 5.92. The highest BCUT2D eigenvalue weighted by Crippen LogP contribution is 2.30. The van der Waals surface area contributed by atoms with Crippen LogP contribution in [0.15, 0.2) is 43.0 Å². The highest BCUT2D eigenvalue weighted by atomic mass is 19.4. The van der Waals surface area contributed by atoms with E-state index < -0.39 is 12.1 Å². The number of carboxylic acids is 1. The second-order valence-electron chi connectivity index (χ2n) is 7.27. The van der Waals surface area contributed by atoms with Crippen LogP contribution in [0.25, 0.3) is 0 Å². The van der Waals surface area contributed by atoms with Crippen molar-refractivity contribution in [3.05, 3.63) is 54.4 Å². The van der Waals surface area contributed by atoms with Gasteiger partial charge in [-0.05, 0) is 25.0 Å². The Morgan fingerprint density at radius 2 is 2.00 bits per heavy atom. The number of halogens is 3. The van der Waals surface area contributed by atoms with Gasteiger partial charge in [-0.2, -0.15) is 13.2 Å². The molecule has 32 heavy (non-hydrogen) atoms. The van der Waals surface area contributed by atoms with Gasteiger partial charge in [-0.1, -0.05) is 6.07 Å². The number of aliphatic carboxylic acids is 1. The van der Waals surface area contributed by atoms with E-state index in [9.17, 15) is 18.0 Å². The van der Waals surface area contributed by atoms with E-state index in [-0.39, 0.29) is 18.1 Å². The van der Waals surface area contributed by atoms with E-state index in [4.69, 9.17) is 14.6 Å². The van der Waals surface area contributed by atoms with Crippen LogP contribution in [0.2, 0.25) is 0 Å². The number of carbonyl (C=O) groups is 2. The molecular weight excluding hydrogens is 431 g/mol. The average molecular weight is 453 g/mol. The summed E-state index contributed by atoms with van der Waals surface area (Å²) in [7, 11) is 0. The fourth-order valence-electron chi connectivity index (χ4n) is 3.72. The van der Waals surface area contributed by atoms with Crippen LogP contribution < -0.4 is 5.32 Å². The lowest BCUT2D eigenvalue weighted by atomic mass is 10.0. The van der Waals surface area contributed by atoms with Gasteiger partial charge in [0.25, 0.3) is 5.91 Å². The van der Waals surface area contributed by atoms with Crippen LogP contribution in [-0.2, 0) is 16.1 Å². The summed E-state index contributed by atoms with van der Waals surface area (Å²) in [6.07, 6.45) is 3.43. The summed E-state index contributed by atoms with van der Waals surface area (Å²) in [4.78, 5) is 36.2. The van der Waals surface area contributed by atoms with Gasteiger partial charge >= 0.3 is 12.1 Å². The number of carbonyl (C=O) groups excluding carboxylic acids is 1. The first-order chi connectivity index (χ1) is 15.3. The summed E-state index contributed by atoms with van der Waals surface area (Å²) in [5, 5.41) is 10.2. The highest BCUT2D eigenvalue weighted by Gasteiger charge is 2.44. The molecule has 0 radical (unpaired) electrons. The van der Waals surface area contributed by atoms with Crippen LogP contribution in [0.4, 0.5) is 13.2 Å². The number of hydrogen-bond donors (Lipinski definition) is 2. The maximum atomic E-state index is 12.4. The number of pyridine rings is 1. The fraction of sp³-hybridized carbons (Fsp3) is 0.450. The van der Waals surface area contributed by atoms with E-state index in [1.807, 2.05) is 24.4 Å². The molecule has 0 saturated carbocycles. The smallest absolute Gasteiger partial charge is 0.475 e. The second-order valence-corrected chi connectivity index (χ2v) is 7.27. The molecule has 1 amide bonds. The first kappa shape index (κ1) is 23.5. The minimum absolute atomic E-state index is 0.0121. The van der Waals surface area contributed by atoms with E-state index >= 15 is 0 Å². The molecule has 2 N–H and O–H groups in total. The van der Waals surface area contributed by atoms with Crippen LogP contribution in [0.1, 0.15) is 29.0 Å². The number of ether oxygens (including phenoxy) is 1. The van der Waals surface area contributed by atoms with E-state index in [1.54, 1.807) is 6.20 Å². The van der Waals surface area contributed by atoms with Crippen molar-refractivity contribution in [3.63, 3.8) is 0 Å². The van der Waals surface area contributed by atoms with E-state index in [0.29, 0.717) is 11.7 Å². The van der Waals surface area contributed by atoms with Gasteiger partial charge in [0.05, 0.1) is 24.0 Å². The standard InChI is InChI=1S/C18H21N5O2.C2HF3O2/c24-18(14-10-19-7-8-21-14)22-15-12-23(11-13-4-1-2-6-20-13)16-5-3-9-25-17(15)16;3-2(4,5)1(6)7/h1-2,4,6-8,10,15-17H,3,5,9,11-12H2,(H,22,24);(H,6,7)/t15-,16-,17-;/m0./s1. The molecular formula is C20H22F3N5O4. The Kier molecular flexibility index (Phi) is 7.70. The summed E-state index contributed by atoms with van der Waals surface area (Å²) < 4.78 is 37.7. The summed E-state index contributed by atoms with van der Waals surface area (Å²) >= 11 is 0. The number of carboxylic acid groups (broad SMARTS) is 1. The fourth-order valence-corrected chi connectivity index (χ4v) is 3.72. The zero-order valence-electron chi connectivity index (χ0n) is 16.9. The molecule has 4 heterocycles. The van der Waals surface area contributed by atoms with Crippen LogP contribution in [0.5, 0.6) is 0 Å². The molecule has 2 fully saturated rings. The predicted octanol–water partition coefficient (Wildman–Crippen LogP) is 1.67. The number of rotatable bonds is 4. The third-order valence-electron chi connectivity index (χ3n) is 5.08. The Morgan fingerprint density at radius 3 is 2.62 bits per heavy atom. The molecule has 2 aliphatic heterocycles. The van der Waals surface area contributed by atoms with Gasteiger partial charge in [0.2, 0.25) is 0 Å². The maximum absolute atomic E-state index is 12.4. The van der Waals surface area contributed by atoms with Gasteiger partial charge in [-0.15, -0.1) is 0 Å². The number of alkyl halides is 3. The lowest BCUT2D eigenvalue weighted by Gasteiger charge is -2.32. The third kappa shape index (κ3) is 6.20. The summed E-state index contributed by atoms with van der Waals surface area (Å²) in [5.41, 5.74) is 1.37. The van der Waals surface area contributed by atoms with Crippen molar-refractivity contribution >= 4 is 11.9 Å². The van der Waals surface area contributed by atoms with Gasteiger partial charge in [0.1, 0.15) is 5.69 Å². The zero-order valence-corrected chi connectivity index (χ0v) is 16.9. The SMILES string of the molecule is O=C(N[C@H]1CN(Cc2ccccn2)[C@H]2CCCO[C@@H]12)c1cnccn1.O=C(O)C(F)(F)F. The van der Waals surface area contributed by atoms with Crippen molar-refractivity contribution in [2.24, 2.45) is 0 Å². The lowest BCUT2D eigenvalue weighted by Crippen LogP contribution is -2.47. The minimum atomic E-state index is -5.08. The number of nitrogens with one attached hydrogen (secondary N) is 1. The zero-order chi connectivity index (χ0) is 23.1. The molecule has 2 aromatic rings. The number of hydrogen-bond acceptors (Lipinski definition) is 7. The molecule has 9 nitrogen and oxygen atoms in total. The van der Waals surface area contributed by atoms with Crippen molar-refractivity contribution in [2.45, 2.75) is 43.8 Å². The Bertz CT molecular complexity index is 901. The monoisotopic (exact) mass is 453 g/mol. The van der Waals surface area contributed by atoms with Gasteiger partial charge < -0.3 is 15.2 Å². The summed E-state index contributed by atoms with van der Waals surface area (Å²) in [6, 6.07) is 6.21. The van der Waals surface area contributed by atoms with Gasteiger partial charge in [-0.25, -0.2) is 9.78 Å². The van der Waals surface area contributed by atoms with Crippen molar-refractivity contribution in [2.75, 3.05) is 13.2 Å². The van der Waals surface area contributed by atoms with Crippen molar-refractivity contribution in [1.29, 1.82) is 0 Å². The second kappa shape index (κ2) is 10.5. The molecule has 2 aliphatic rings. The quantitative estimate of drug-likeness (QED) is 0.718. The summed E-state index contributed by atoms with van der Waals surface area (Å²) in [6.45, 7) is 2.26. The Balaban J connectivity index is 0.000000360. The number of amides is 1. The Labute approximate surface area is 181 Å². The number of likely N-dealkylation sites (tertiary alicyclic amines) is 1. The first-order valence-corrected chi connectivity index (χ1v) is 9.88. The van der Waals surface area contributed by atoms with E-state index in [2.05, 4.69) is 25.2 Å². The lowest BCUT2D eigenvalue weighted by molar-refractivity contribution is -0.192. The molecule has 0 aromatic carbocycles. The van der Waals surface area contributed by atoms with Crippen molar-refractivity contribution < 1.29 is 32.6 Å². The molecule has 172 valence electrons. The minimum Gasteiger partial charge on any atom is -0.475 e. The first-order valence-electron chi connectivity index (χ1n) is 9.88. The van der Waals surface area contributed by atoms with E-state index in [1.165, 1.54) is 12.4 Å².